The highest BCUT2D eigenvalue weighted by Gasteiger charge is 2.22. The van der Waals surface area contributed by atoms with Crippen LogP contribution in [-0.4, -0.2) is 13.3 Å². The van der Waals surface area contributed by atoms with E-state index in [2.05, 4.69) is 12.2 Å². The molecule has 2 nitrogen and oxygen atoms in total. The molecule has 1 aromatic heterocycles. The monoisotopic (exact) mass is 209 g/mol. The van der Waals surface area contributed by atoms with Gasteiger partial charge in [-0.2, -0.15) is 0 Å². The lowest BCUT2D eigenvalue weighted by Crippen LogP contribution is -2.09. The van der Waals surface area contributed by atoms with Gasteiger partial charge in [0.25, 0.3) is 0 Å². The molecule has 1 aliphatic rings. The van der Waals surface area contributed by atoms with Gasteiger partial charge >= 0.3 is 0 Å². The second kappa shape index (κ2) is 3.73. The largest absolute Gasteiger partial charge is 0.379 e. The summed E-state index contributed by atoms with van der Waals surface area (Å²) in [4.78, 5) is 12.4. The molecule has 0 aliphatic heterocycles. The van der Waals surface area contributed by atoms with Crippen LogP contribution < -0.4 is 5.32 Å². The zero-order valence-corrected chi connectivity index (χ0v) is 9.41. The molecule has 76 valence electrons. The van der Waals surface area contributed by atoms with Crippen LogP contribution in [0.2, 0.25) is 0 Å². The lowest BCUT2D eigenvalue weighted by Gasteiger charge is -2.17. The number of hydrogen-bond acceptors (Lipinski definition) is 3. The molecule has 14 heavy (non-hydrogen) atoms. The van der Waals surface area contributed by atoms with Crippen molar-refractivity contribution in [3.05, 3.63) is 16.0 Å². The van der Waals surface area contributed by atoms with Crippen LogP contribution in [-0.2, 0) is 12.8 Å². The first-order valence-electron chi connectivity index (χ1n) is 5.03. The van der Waals surface area contributed by atoms with E-state index in [1.54, 1.807) is 11.3 Å². The fourth-order valence-electron chi connectivity index (χ4n) is 2.09. The van der Waals surface area contributed by atoms with Gasteiger partial charge in [-0.25, -0.2) is 0 Å². The molecule has 0 radical (unpaired) electrons. The van der Waals surface area contributed by atoms with Crippen LogP contribution in [0.1, 0.15) is 34.1 Å². The minimum absolute atomic E-state index is 0.769. The highest BCUT2D eigenvalue weighted by atomic mass is 32.1. The number of anilines is 1. The minimum atomic E-state index is 0.769. The molecular weight excluding hydrogens is 194 g/mol. The number of aldehydes is 1. The van der Waals surface area contributed by atoms with E-state index in [1.807, 2.05) is 7.05 Å². The molecule has 0 fully saturated rings. The molecule has 0 bridgehead atoms. The molecule has 0 amide bonds. The van der Waals surface area contributed by atoms with Crippen molar-refractivity contribution < 1.29 is 4.79 Å². The summed E-state index contributed by atoms with van der Waals surface area (Å²) in [5.41, 5.74) is 2.20. The van der Waals surface area contributed by atoms with Gasteiger partial charge in [0.2, 0.25) is 0 Å². The van der Waals surface area contributed by atoms with Gasteiger partial charge in [-0.3, -0.25) is 4.79 Å². The Kier molecular flexibility index (Phi) is 2.59. The van der Waals surface area contributed by atoms with Crippen molar-refractivity contribution >= 4 is 22.6 Å². The molecule has 2 rings (SSSR count). The van der Waals surface area contributed by atoms with Crippen LogP contribution in [0, 0.1) is 5.92 Å². The van der Waals surface area contributed by atoms with Crippen LogP contribution in [0.25, 0.3) is 0 Å². The molecule has 1 aliphatic carbocycles. The summed E-state index contributed by atoms with van der Waals surface area (Å²) < 4.78 is 0. The Morgan fingerprint density at radius 1 is 1.57 bits per heavy atom. The zero-order chi connectivity index (χ0) is 10.1. The summed E-state index contributed by atoms with van der Waals surface area (Å²) >= 11 is 1.75. The number of fused-ring (bicyclic) bond motifs is 1. The number of hydrogen-bond donors (Lipinski definition) is 1. The molecular formula is C11H15NOS. The van der Waals surface area contributed by atoms with Gasteiger partial charge in [-0.15, -0.1) is 11.3 Å². The van der Waals surface area contributed by atoms with E-state index in [4.69, 9.17) is 0 Å². The number of thiophene rings is 1. The van der Waals surface area contributed by atoms with Crippen molar-refractivity contribution in [2.75, 3.05) is 12.4 Å². The lowest BCUT2D eigenvalue weighted by atomic mass is 9.89. The van der Waals surface area contributed by atoms with Gasteiger partial charge in [0.05, 0.1) is 10.6 Å². The maximum atomic E-state index is 11.0. The molecule has 1 unspecified atom stereocenters. The Labute approximate surface area is 88.3 Å². The first-order chi connectivity index (χ1) is 6.76. The second-order valence-electron chi connectivity index (χ2n) is 3.96. The van der Waals surface area contributed by atoms with E-state index in [9.17, 15) is 4.79 Å². The highest BCUT2D eigenvalue weighted by Crippen LogP contribution is 2.38. The lowest BCUT2D eigenvalue weighted by molar-refractivity contribution is 0.112. The third kappa shape index (κ3) is 1.46. The SMILES string of the molecule is CNc1sc2c(c1C=O)CCC(C)C2. The molecule has 3 heteroatoms. The van der Waals surface area contributed by atoms with Crippen molar-refractivity contribution in [3.63, 3.8) is 0 Å². The van der Waals surface area contributed by atoms with E-state index in [0.717, 1.165) is 35.6 Å². The van der Waals surface area contributed by atoms with Crippen LogP contribution in [0.3, 0.4) is 0 Å². The zero-order valence-electron chi connectivity index (χ0n) is 8.59. The fourth-order valence-corrected chi connectivity index (χ4v) is 3.42. The van der Waals surface area contributed by atoms with Crippen molar-refractivity contribution in [1.29, 1.82) is 0 Å². The molecule has 0 aromatic carbocycles. The average Bonchev–Trinajstić information content (AvgIpc) is 2.54. The first-order valence-corrected chi connectivity index (χ1v) is 5.85. The molecule has 0 saturated heterocycles. The summed E-state index contributed by atoms with van der Waals surface area (Å²) in [5.74, 6) is 0.769. The molecule has 1 N–H and O–H groups in total. The van der Waals surface area contributed by atoms with E-state index >= 15 is 0 Å². The van der Waals surface area contributed by atoms with Crippen molar-refractivity contribution in [1.82, 2.24) is 0 Å². The summed E-state index contributed by atoms with van der Waals surface area (Å²) in [5, 5.41) is 4.15. The highest BCUT2D eigenvalue weighted by molar-refractivity contribution is 7.16. The van der Waals surface area contributed by atoms with Gasteiger partial charge in [0, 0.05) is 11.9 Å². The Bertz CT molecular complexity index is 356. The van der Waals surface area contributed by atoms with Crippen molar-refractivity contribution in [2.24, 2.45) is 5.92 Å². The minimum Gasteiger partial charge on any atom is -0.379 e. The Balaban J connectivity index is 2.45. The van der Waals surface area contributed by atoms with Gasteiger partial charge in [0.1, 0.15) is 0 Å². The standard InChI is InChI=1S/C11H15NOS/c1-7-3-4-8-9(6-13)11(12-2)14-10(8)5-7/h6-7,12H,3-5H2,1-2H3. The molecule has 0 saturated carbocycles. The second-order valence-corrected chi connectivity index (χ2v) is 5.07. The smallest absolute Gasteiger partial charge is 0.153 e. The maximum absolute atomic E-state index is 11.0. The summed E-state index contributed by atoms with van der Waals surface area (Å²) in [6, 6.07) is 0. The van der Waals surface area contributed by atoms with Gasteiger partial charge < -0.3 is 5.32 Å². The van der Waals surface area contributed by atoms with Crippen LogP contribution in [0.4, 0.5) is 5.00 Å². The van der Waals surface area contributed by atoms with Crippen molar-refractivity contribution in [3.8, 4) is 0 Å². The van der Waals surface area contributed by atoms with E-state index in [-0.39, 0.29) is 0 Å². The topological polar surface area (TPSA) is 29.1 Å². The van der Waals surface area contributed by atoms with Gasteiger partial charge in [-0.1, -0.05) is 6.92 Å². The Morgan fingerprint density at radius 3 is 3.00 bits per heavy atom. The van der Waals surface area contributed by atoms with Gasteiger partial charge in [-0.05, 0) is 30.7 Å². The van der Waals surface area contributed by atoms with Crippen LogP contribution in [0.5, 0.6) is 0 Å². The molecule has 1 heterocycles. The number of nitrogens with one attached hydrogen (secondary N) is 1. The van der Waals surface area contributed by atoms with E-state index in [0.29, 0.717) is 0 Å². The predicted octanol–water partition coefficient (Wildman–Crippen LogP) is 2.73. The summed E-state index contributed by atoms with van der Waals surface area (Å²) in [6.07, 6.45) is 4.43. The number of rotatable bonds is 2. The normalized spacial score (nSPS) is 20.3. The fraction of sp³-hybridized carbons (Fsp3) is 0.545. The third-order valence-electron chi connectivity index (χ3n) is 2.90. The average molecular weight is 209 g/mol. The summed E-state index contributed by atoms with van der Waals surface area (Å²) in [7, 11) is 1.88. The Hall–Kier alpha value is -0.830. The van der Waals surface area contributed by atoms with E-state index in [1.165, 1.54) is 16.9 Å². The quantitative estimate of drug-likeness (QED) is 0.759. The van der Waals surface area contributed by atoms with Crippen LogP contribution in [0.15, 0.2) is 0 Å². The molecule has 0 spiro atoms. The Morgan fingerprint density at radius 2 is 2.36 bits per heavy atom. The van der Waals surface area contributed by atoms with Gasteiger partial charge in [0.15, 0.2) is 6.29 Å². The third-order valence-corrected chi connectivity index (χ3v) is 4.19. The van der Waals surface area contributed by atoms with E-state index < -0.39 is 0 Å². The predicted molar refractivity (Wildman–Crippen MR) is 60.4 cm³/mol. The number of carbonyl (C=O) groups is 1. The maximum Gasteiger partial charge on any atom is 0.153 e. The summed E-state index contributed by atoms with van der Waals surface area (Å²) in [6.45, 7) is 2.28. The first kappa shape index (κ1) is 9.71. The molecule has 1 atom stereocenters. The molecule has 1 aromatic rings. The number of carbonyl (C=O) groups excluding carboxylic acids is 1. The van der Waals surface area contributed by atoms with Crippen LogP contribution >= 0.6 is 11.3 Å². The van der Waals surface area contributed by atoms with Crippen molar-refractivity contribution in [2.45, 2.75) is 26.2 Å².